The maximum atomic E-state index is 13.0. The van der Waals surface area contributed by atoms with Crippen LogP contribution in [0.25, 0.3) is 0 Å². The van der Waals surface area contributed by atoms with E-state index in [4.69, 9.17) is 11.6 Å². The summed E-state index contributed by atoms with van der Waals surface area (Å²) in [6.45, 7) is 3.86. The smallest absolute Gasteiger partial charge is 0.128 e. The number of halogens is 2. The molecule has 0 atom stereocenters. The van der Waals surface area contributed by atoms with Gasteiger partial charge in [0.2, 0.25) is 0 Å². The lowest BCUT2D eigenvalue weighted by molar-refractivity contribution is 0.598. The Labute approximate surface area is 71.0 Å². The summed E-state index contributed by atoms with van der Waals surface area (Å²) in [5.74, 6) is -0.0627. The van der Waals surface area contributed by atoms with Crippen molar-refractivity contribution in [1.82, 2.24) is 0 Å². The molecule has 11 heavy (non-hydrogen) atoms. The van der Waals surface area contributed by atoms with E-state index in [1.807, 2.05) is 13.8 Å². The van der Waals surface area contributed by atoms with Crippen molar-refractivity contribution in [1.29, 1.82) is 0 Å². The van der Waals surface area contributed by atoms with Crippen molar-refractivity contribution in [3.05, 3.63) is 34.6 Å². The molecule has 0 aromatic heterocycles. The lowest BCUT2D eigenvalue weighted by Gasteiger charge is -2.05. The molecule has 59 valence electrons. The molecule has 1 rings (SSSR count). The normalized spacial score (nSPS) is 10.6. The first-order valence-corrected chi connectivity index (χ1v) is 3.85. The molecule has 1 aromatic rings. The second kappa shape index (κ2) is 3.22. The van der Waals surface area contributed by atoms with E-state index in [0.29, 0.717) is 10.6 Å². The van der Waals surface area contributed by atoms with Gasteiger partial charge in [-0.2, -0.15) is 0 Å². The molecular weight excluding hydrogens is 163 g/mol. The Bertz CT molecular complexity index is 256. The number of hydrogen-bond acceptors (Lipinski definition) is 0. The SMILES string of the molecule is CC(C)c1c[c]c(Cl)cc1F. The van der Waals surface area contributed by atoms with Crippen LogP contribution in [-0.4, -0.2) is 0 Å². The molecule has 0 saturated carbocycles. The van der Waals surface area contributed by atoms with Crippen molar-refractivity contribution in [2.75, 3.05) is 0 Å². The zero-order chi connectivity index (χ0) is 8.43. The van der Waals surface area contributed by atoms with Crippen LogP contribution in [0.1, 0.15) is 25.3 Å². The molecule has 0 bridgehead atoms. The van der Waals surface area contributed by atoms with Gasteiger partial charge in [0, 0.05) is 6.07 Å². The van der Waals surface area contributed by atoms with Crippen molar-refractivity contribution >= 4 is 11.6 Å². The molecule has 0 amide bonds. The van der Waals surface area contributed by atoms with Gasteiger partial charge >= 0.3 is 0 Å². The largest absolute Gasteiger partial charge is 0.207 e. The minimum absolute atomic E-state index is 0.184. The van der Waals surface area contributed by atoms with Crippen LogP contribution in [0.2, 0.25) is 5.02 Å². The van der Waals surface area contributed by atoms with Crippen LogP contribution in [0.3, 0.4) is 0 Å². The number of rotatable bonds is 1. The molecule has 0 unspecified atom stereocenters. The summed E-state index contributed by atoms with van der Waals surface area (Å²) < 4.78 is 13.0. The van der Waals surface area contributed by atoms with Crippen molar-refractivity contribution < 1.29 is 4.39 Å². The lowest BCUT2D eigenvalue weighted by Crippen LogP contribution is -1.91. The summed E-state index contributed by atoms with van der Waals surface area (Å²) >= 11 is 5.53. The highest BCUT2D eigenvalue weighted by Crippen LogP contribution is 2.20. The summed E-state index contributed by atoms with van der Waals surface area (Å²) in [5.41, 5.74) is 0.661. The number of hydrogen-bond donors (Lipinski definition) is 0. The fourth-order valence-electron chi connectivity index (χ4n) is 0.894. The molecule has 0 spiro atoms. The molecule has 1 radical (unpaired) electrons. The van der Waals surface area contributed by atoms with Gasteiger partial charge in [0.1, 0.15) is 5.82 Å². The molecule has 0 aliphatic heterocycles. The predicted octanol–water partition coefficient (Wildman–Crippen LogP) is 3.40. The Morgan fingerprint density at radius 1 is 1.55 bits per heavy atom. The first-order chi connectivity index (χ1) is 5.11. The first kappa shape index (κ1) is 8.54. The van der Waals surface area contributed by atoms with E-state index in [2.05, 4.69) is 6.07 Å². The van der Waals surface area contributed by atoms with E-state index >= 15 is 0 Å². The highest BCUT2D eigenvalue weighted by Gasteiger charge is 2.05. The van der Waals surface area contributed by atoms with Crippen LogP contribution >= 0.6 is 11.6 Å². The minimum Gasteiger partial charge on any atom is -0.207 e. The molecule has 0 fully saturated rings. The maximum absolute atomic E-state index is 13.0. The maximum Gasteiger partial charge on any atom is 0.128 e. The second-order valence-electron chi connectivity index (χ2n) is 2.74. The molecular formula is C9H9ClF. The van der Waals surface area contributed by atoms with Gasteiger partial charge in [-0.25, -0.2) is 4.39 Å². The third-order valence-corrected chi connectivity index (χ3v) is 1.74. The Hall–Kier alpha value is -0.560. The van der Waals surface area contributed by atoms with E-state index in [1.54, 1.807) is 6.07 Å². The third-order valence-electron chi connectivity index (χ3n) is 1.52. The van der Waals surface area contributed by atoms with Gasteiger partial charge in [-0.05, 0) is 23.6 Å². The zero-order valence-corrected chi connectivity index (χ0v) is 7.24. The molecule has 1 aromatic carbocycles. The highest BCUT2D eigenvalue weighted by molar-refractivity contribution is 6.30. The van der Waals surface area contributed by atoms with Crippen LogP contribution in [0.4, 0.5) is 4.39 Å². The van der Waals surface area contributed by atoms with E-state index in [0.717, 1.165) is 0 Å². The minimum atomic E-state index is -0.247. The zero-order valence-electron chi connectivity index (χ0n) is 6.49. The summed E-state index contributed by atoms with van der Waals surface area (Å²) in [6.07, 6.45) is 0. The fourth-order valence-corrected chi connectivity index (χ4v) is 1.04. The van der Waals surface area contributed by atoms with Crippen molar-refractivity contribution in [3.8, 4) is 0 Å². The van der Waals surface area contributed by atoms with Gasteiger partial charge in [-0.1, -0.05) is 25.4 Å². The van der Waals surface area contributed by atoms with Crippen LogP contribution < -0.4 is 0 Å². The molecule has 0 saturated heterocycles. The van der Waals surface area contributed by atoms with Gasteiger partial charge in [0.25, 0.3) is 0 Å². The van der Waals surface area contributed by atoms with E-state index < -0.39 is 0 Å². The highest BCUT2D eigenvalue weighted by atomic mass is 35.5. The van der Waals surface area contributed by atoms with E-state index in [-0.39, 0.29) is 11.7 Å². The predicted molar refractivity (Wildman–Crippen MR) is 44.3 cm³/mol. The quantitative estimate of drug-likeness (QED) is 0.608. The first-order valence-electron chi connectivity index (χ1n) is 3.48. The van der Waals surface area contributed by atoms with Gasteiger partial charge in [0.05, 0.1) is 5.02 Å². The lowest BCUT2D eigenvalue weighted by atomic mass is 10.0. The van der Waals surface area contributed by atoms with Crippen molar-refractivity contribution in [2.24, 2.45) is 0 Å². The second-order valence-corrected chi connectivity index (χ2v) is 3.15. The Kier molecular flexibility index (Phi) is 2.50. The topological polar surface area (TPSA) is 0 Å². The summed E-state index contributed by atoms with van der Waals surface area (Å²) in [7, 11) is 0. The van der Waals surface area contributed by atoms with Gasteiger partial charge < -0.3 is 0 Å². The van der Waals surface area contributed by atoms with Gasteiger partial charge in [-0.3, -0.25) is 0 Å². The third kappa shape index (κ3) is 1.93. The van der Waals surface area contributed by atoms with Crippen LogP contribution in [-0.2, 0) is 0 Å². The average molecular weight is 172 g/mol. The van der Waals surface area contributed by atoms with Crippen LogP contribution in [0.15, 0.2) is 12.1 Å². The summed E-state index contributed by atoms with van der Waals surface area (Å²) in [6, 6.07) is 5.64. The van der Waals surface area contributed by atoms with E-state index in [1.165, 1.54) is 6.07 Å². The van der Waals surface area contributed by atoms with Crippen molar-refractivity contribution in [3.63, 3.8) is 0 Å². The Morgan fingerprint density at radius 2 is 2.18 bits per heavy atom. The molecule has 0 heterocycles. The summed E-state index contributed by atoms with van der Waals surface area (Å²) in [4.78, 5) is 0. The van der Waals surface area contributed by atoms with Gasteiger partial charge in [-0.15, -0.1) is 0 Å². The fraction of sp³-hybridized carbons (Fsp3) is 0.333. The Morgan fingerprint density at radius 3 is 2.64 bits per heavy atom. The summed E-state index contributed by atoms with van der Waals surface area (Å²) in [5, 5.41) is 0.326. The molecule has 2 heteroatoms. The van der Waals surface area contributed by atoms with Crippen LogP contribution in [0.5, 0.6) is 0 Å². The molecule has 0 N–H and O–H groups in total. The number of benzene rings is 1. The van der Waals surface area contributed by atoms with Crippen molar-refractivity contribution in [2.45, 2.75) is 19.8 Å². The van der Waals surface area contributed by atoms with E-state index in [9.17, 15) is 4.39 Å². The molecule has 0 aliphatic carbocycles. The monoisotopic (exact) mass is 171 g/mol. The average Bonchev–Trinajstić information content (AvgIpc) is 1.85. The standard InChI is InChI=1S/C9H9ClF/c1-6(2)8-4-3-7(10)5-9(8)11/h4-6H,1-2H3. The molecule has 0 aliphatic rings. The Balaban J connectivity index is 3.09. The van der Waals surface area contributed by atoms with Gasteiger partial charge in [0.15, 0.2) is 0 Å². The molecule has 0 nitrogen and oxygen atoms in total. The van der Waals surface area contributed by atoms with Crippen LogP contribution in [0, 0.1) is 11.9 Å².